The van der Waals surface area contributed by atoms with E-state index in [4.69, 9.17) is 15.2 Å². The highest BCUT2D eigenvalue weighted by Crippen LogP contribution is 2.15. The third kappa shape index (κ3) is 10.8. The first-order chi connectivity index (χ1) is 8.91. The van der Waals surface area contributed by atoms with Crippen molar-refractivity contribution in [1.82, 2.24) is 0 Å². The lowest BCUT2D eigenvalue weighted by molar-refractivity contribution is -0.149. The van der Waals surface area contributed by atoms with Gasteiger partial charge in [0.15, 0.2) is 0 Å². The molecule has 0 unspecified atom stereocenters. The van der Waals surface area contributed by atoms with Gasteiger partial charge < -0.3 is 15.2 Å². The van der Waals surface area contributed by atoms with Gasteiger partial charge in [-0.05, 0) is 17.3 Å². The van der Waals surface area contributed by atoms with E-state index in [1.807, 2.05) is 41.5 Å². The molecule has 0 aliphatic rings. The number of rotatable bonds is 6. The van der Waals surface area contributed by atoms with Gasteiger partial charge in [0.05, 0.1) is 13.2 Å². The van der Waals surface area contributed by atoms with Gasteiger partial charge in [-0.1, -0.05) is 41.5 Å². The smallest absolute Gasteiger partial charge is 0.322 e. The van der Waals surface area contributed by atoms with Gasteiger partial charge in [0.25, 0.3) is 0 Å². The van der Waals surface area contributed by atoms with E-state index in [0.717, 1.165) is 0 Å². The van der Waals surface area contributed by atoms with Crippen LogP contribution in [0, 0.1) is 10.8 Å². The van der Waals surface area contributed by atoms with Crippen LogP contribution < -0.4 is 5.73 Å². The first-order valence-electron chi connectivity index (χ1n) is 6.98. The van der Waals surface area contributed by atoms with Gasteiger partial charge in [0, 0.05) is 6.42 Å². The van der Waals surface area contributed by atoms with Crippen molar-refractivity contribution in [2.24, 2.45) is 16.6 Å². The summed E-state index contributed by atoms with van der Waals surface area (Å²) in [7, 11) is 0. The molecule has 0 heterocycles. The highest BCUT2D eigenvalue weighted by molar-refractivity contribution is 5.77. The molecule has 0 fully saturated rings. The summed E-state index contributed by atoms with van der Waals surface area (Å²) in [6.07, 6.45) is 0.369. The summed E-state index contributed by atoms with van der Waals surface area (Å²) >= 11 is 0. The van der Waals surface area contributed by atoms with Crippen molar-refractivity contribution < 1.29 is 19.1 Å². The molecule has 0 aromatic carbocycles. The average molecular weight is 287 g/mol. The van der Waals surface area contributed by atoms with Gasteiger partial charge in [0.2, 0.25) is 0 Å². The molecule has 5 nitrogen and oxygen atoms in total. The van der Waals surface area contributed by atoms with Gasteiger partial charge in [-0.3, -0.25) is 9.59 Å². The fraction of sp³-hybridized carbons (Fsp3) is 0.867. The highest BCUT2D eigenvalue weighted by Gasteiger charge is 2.21. The normalized spacial score (nSPS) is 13.8. The Bertz CT molecular complexity index is 326. The summed E-state index contributed by atoms with van der Waals surface area (Å²) in [6, 6.07) is -0.778. The summed E-state index contributed by atoms with van der Waals surface area (Å²) < 4.78 is 10.2. The number of hydrogen-bond donors (Lipinski definition) is 1. The SMILES string of the molecule is CC(C)(C)COC(=O)CC[C@H](N)C(=O)OCC(C)(C)C. The molecule has 2 N–H and O–H groups in total. The fourth-order valence-electron chi connectivity index (χ4n) is 1.16. The van der Waals surface area contributed by atoms with Crippen molar-refractivity contribution in [2.75, 3.05) is 13.2 Å². The molecule has 0 radical (unpaired) electrons. The average Bonchev–Trinajstić information content (AvgIpc) is 2.28. The Morgan fingerprint density at radius 3 is 1.85 bits per heavy atom. The van der Waals surface area contributed by atoms with Crippen molar-refractivity contribution >= 4 is 11.9 Å². The second-order valence-corrected chi connectivity index (χ2v) is 7.53. The van der Waals surface area contributed by atoms with E-state index in [1.165, 1.54) is 0 Å². The summed E-state index contributed by atoms with van der Waals surface area (Å²) in [5, 5.41) is 0. The highest BCUT2D eigenvalue weighted by atomic mass is 16.5. The molecule has 0 aliphatic carbocycles. The lowest BCUT2D eigenvalue weighted by Gasteiger charge is -2.20. The van der Waals surface area contributed by atoms with Gasteiger partial charge in [0.1, 0.15) is 6.04 Å². The maximum absolute atomic E-state index is 11.6. The van der Waals surface area contributed by atoms with Gasteiger partial charge in [-0.2, -0.15) is 0 Å². The minimum atomic E-state index is -0.778. The number of nitrogens with two attached hydrogens (primary N) is 1. The van der Waals surface area contributed by atoms with Crippen molar-refractivity contribution in [3.8, 4) is 0 Å². The number of hydrogen-bond acceptors (Lipinski definition) is 5. The van der Waals surface area contributed by atoms with E-state index in [1.54, 1.807) is 0 Å². The van der Waals surface area contributed by atoms with Crippen LogP contribution in [0.1, 0.15) is 54.4 Å². The predicted octanol–water partition coefficient (Wildman–Crippen LogP) is 2.27. The van der Waals surface area contributed by atoms with Crippen LogP contribution >= 0.6 is 0 Å². The van der Waals surface area contributed by atoms with Gasteiger partial charge in [-0.15, -0.1) is 0 Å². The second kappa shape index (κ2) is 7.62. The van der Waals surface area contributed by atoms with E-state index in [9.17, 15) is 9.59 Å². The standard InChI is InChI=1S/C15H29NO4/c1-14(2,3)9-19-12(17)8-7-11(16)13(18)20-10-15(4,5)6/h11H,7-10,16H2,1-6H3/t11-/m0/s1. The molecule has 0 rings (SSSR count). The molecule has 118 valence electrons. The van der Waals surface area contributed by atoms with Crippen molar-refractivity contribution in [1.29, 1.82) is 0 Å². The molecule has 0 bridgehead atoms. The van der Waals surface area contributed by atoms with Crippen molar-refractivity contribution in [3.63, 3.8) is 0 Å². The number of ether oxygens (including phenoxy) is 2. The predicted molar refractivity (Wildman–Crippen MR) is 78.0 cm³/mol. The summed E-state index contributed by atoms with van der Waals surface area (Å²) in [4.78, 5) is 23.1. The molecule has 0 spiro atoms. The van der Waals surface area contributed by atoms with Crippen molar-refractivity contribution in [2.45, 2.75) is 60.4 Å². The largest absolute Gasteiger partial charge is 0.465 e. The fourth-order valence-corrected chi connectivity index (χ4v) is 1.16. The maximum Gasteiger partial charge on any atom is 0.322 e. The summed E-state index contributed by atoms with van der Waals surface area (Å²) in [6.45, 7) is 12.5. The molecule has 1 atom stereocenters. The molecule has 0 aromatic rings. The first kappa shape index (κ1) is 18.9. The molecular formula is C15H29NO4. The number of carbonyl (C=O) groups is 2. The topological polar surface area (TPSA) is 78.6 Å². The molecule has 0 saturated heterocycles. The Morgan fingerprint density at radius 1 is 0.950 bits per heavy atom. The Kier molecular flexibility index (Phi) is 7.20. The molecule has 20 heavy (non-hydrogen) atoms. The van der Waals surface area contributed by atoms with Crippen LogP contribution in [0.2, 0.25) is 0 Å². The van der Waals surface area contributed by atoms with Crippen LogP contribution in [0.25, 0.3) is 0 Å². The van der Waals surface area contributed by atoms with Gasteiger partial charge in [-0.25, -0.2) is 0 Å². The molecule has 0 aromatic heterocycles. The van der Waals surface area contributed by atoms with Crippen LogP contribution in [0.15, 0.2) is 0 Å². The molecule has 5 heteroatoms. The van der Waals surface area contributed by atoms with Crippen LogP contribution in [0.3, 0.4) is 0 Å². The minimum Gasteiger partial charge on any atom is -0.465 e. The lowest BCUT2D eigenvalue weighted by atomic mass is 9.98. The Hall–Kier alpha value is -1.10. The number of carbonyl (C=O) groups excluding carboxylic acids is 2. The Balaban J connectivity index is 3.94. The molecule has 0 amide bonds. The quantitative estimate of drug-likeness (QED) is 0.758. The maximum atomic E-state index is 11.6. The third-order valence-corrected chi connectivity index (χ3v) is 2.28. The van der Waals surface area contributed by atoms with Crippen LogP contribution in [-0.4, -0.2) is 31.2 Å². The van der Waals surface area contributed by atoms with E-state index in [-0.39, 0.29) is 29.6 Å². The Morgan fingerprint density at radius 2 is 1.40 bits per heavy atom. The monoisotopic (exact) mass is 287 g/mol. The zero-order chi connectivity index (χ0) is 16.0. The minimum absolute atomic E-state index is 0.0661. The van der Waals surface area contributed by atoms with Crippen LogP contribution in [-0.2, 0) is 19.1 Å². The van der Waals surface area contributed by atoms with Crippen LogP contribution in [0.4, 0.5) is 0 Å². The van der Waals surface area contributed by atoms with E-state index in [2.05, 4.69) is 0 Å². The zero-order valence-corrected chi connectivity index (χ0v) is 13.6. The zero-order valence-electron chi connectivity index (χ0n) is 13.6. The van der Waals surface area contributed by atoms with Gasteiger partial charge >= 0.3 is 11.9 Å². The van der Waals surface area contributed by atoms with E-state index < -0.39 is 12.0 Å². The second-order valence-electron chi connectivity index (χ2n) is 7.53. The van der Waals surface area contributed by atoms with E-state index in [0.29, 0.717) is 13.2 Å². The van der Waals surface area contributed by atoms with Crippen LogP contribution in [0.5, 0.6) is 0 Å². The summed E-state index contributed by atoms with van der Waals surface area (Å²) in [5.41, 5.74) is 5.53. The first-order valence-corrected chi connectivity index (χ1v) is 6.98. The molecular weight excluding hydrogens is 258 g/mol. The molecule has 0 aliphatic heterocycles. The summed E-state index contributed by atoms with van der Waals surface area (Å²) in [5.74, 6) is -0.803. The number of esters is 2. The molecule has 0 saturated carbocycles. The van der Waals surface area contributed by atoms with E-state index >= 15 is 0 Å². The Labute approximate surface area is 122 Å². The lowest BCUT2D eigenvalue weighted by Crippen LogP contribution is -2.35. The van der Waals surface area contributed by atoms with Crippen molar-refractivity contribution in [3.05, 3.63) is 0 Å². The third-order valence-electron chi connectivity index (χ3n) is 2.28.